The van der Waals surface area contributed by atoms with Crippen LogP contribution in [0.1, 0.15) is 76.8 Å². The molecule has 4 aromatic rings. The smallest absolute Gasteiger partial charge is 0.303 e. The Morgan fingerprint density at radius 3 is 1.72 bits per heavy atom. The van der Waals surface area contributed by atoms with Crippen LogP contribution in [0.4, 0.5) is 11.4 Å². The highest BCUT2D eigenvalue weighted by Gasteiger charge is 2.49. The first-order valence-corrected chi connectivity index (χ1v) is 31.8. The van der Waals surface area contributed by atoms with Crippen molar-refractivity contribution in [3.63, 3.8) is 0 Å². The highest BCUT2D eigenvalue weighted by molar-refractivity contribution is 7.87. The summed E-state index contributed by atoms with van der Waals surface area (Å²) in [5.74, 6) is -1.66. The van der Waals surface area contributed by atoms with E-state index >= 15 is 0 Å². The molecule has 0 aromatic heterocycles. The Morgan fingerprint density at radius 2 is 1.17 bits per heavy atom. The van der Waals surface area contributed by atoms with Gasteiger partial charge in [0.2, 0.25) is 5.69 Å². The number of hydrogen-bond acceptors (Lipinski definition) is 15. The van der Waals surface area contributed by atoms with Gasteiger partial charge in [0.25, 0.3) is 50.6 Å². The first kappa shape index (κ1) is 61.9. The molecule has 0 aliphatic carbocycles. The van der Waals surface area contributed by atoms with E-state index in [1.807, 2.05) is 29.4 Å². The molecule has 6 rings (SSSR count). The zero-order valence-corrected chi connectivity index (χ0v) is 47.2. The number of likely N-dealkylation sites (N-methyl/N-ethyl adjacent to an activating group) is 1. The quantitative estimate of drug-likeness (QED) is 0.0143. The number of ether oxygens (including phenoxy) is 3. The zero-order chi connectivity index (χ0) is 57.6. The van der Waals surface area contributed by atoms with Gasteiger partial charge in [-0.1, -0.05) is 36.4 Å². The molecule has 2 unspecified atom stereocenters. The molecule has 4 aromatic carbocycles. The lowest BCUT2D eigenvalue weighted by atomic mass is 9.74. The van der Waals surface area contributed by atoms with Crippen LogP contribution in [0.3, 0.4) is 0 Å². The third kappa shape index (κ3) is 14.2. The second-order valence-electron chi connectivity index (χ2n) is 19.0. The highest BCUT2D eigenvalue weighted by atomic mass is 32.2. The lowest BCUT2D eigenvalue weighted by Gasteiger charge is -2.30. The summed E-state index contributed by atoms with van der Waals surface area (Å²) >= 11 is 0. The summed E-state index contributed by atoms with van der Waals surface area (Å²) in [5, 5.41) is 9.32. The van der Waals surface area contributed by atoms with E-state index < -0.39 is 92.7 Å². The van der Waals surface area contributed by atoms with Crippen molar-refractivity contribution in [2.24, 2.45) is 0 Å². The standard InChI is InChI=1S/C51H62N2O20S5/c1-5-52-41-20-18-37-39(31-35(75(59,60)61)33-43(37)77(65,66)67)48(41)51(3,23-25-72-28-29-73-27-26-71-4)45(52)15-10-7-6-8-11-16-46-50(2,22-14-30-74(56,57)58)49-40-32-36(76(62,63)64)34-44(78(68,69)70)38(40)19-21-42(49)53(46)24-13-9-12-17-47(54)55/h6-8,10-11,15-16,18-21,31-34H,5,9,12-14,17,22-30H2,1-4H3,(H5-,54,55,56,57,58,59,60,61,62,63,64,65,66,67,68,69,70)/p+1. The number of methoxy groups -OCH3 is 1. The Hall–Kier alpha value is -5.27. The number of hydrogen-bond donors (Lipinski definition) is 6. The first-order chi connectivity index (χ1) is 36.4. The summed E-state index contributed by atoms with van der Waals surface area (Å²) in [6, 6.07) is 9.59. The topological polar surface area (TPSA) is 343 Å². The van der Waals surface area contributed by atoms with Gasteiger partial charge in [-0.05, 0) is 112 Å². The van der Waals surface area contributed by atoms with Crippen molar-refractivity contribution in [2.75, 3.05) is 63.9 Å². The molecule has 78 heavy (non-hydrogen) atoms. The van der Waals surface area contributed by atoms with Gasteiger partial charge in [0.1, 0.15) is 16.3 Å². The number of carbonyl (C=O) groups is 1. The molecule has 0 spiro atoms. The van der Waals surface area contributed by atoms with E-state index in [-0.39, 0.29) is 73.6 Å². The maximum absolute atomic E-state index is 12.7. The Labute approximate surface area is 454 Å². The van der Waals surface area contributed by atoms with Crippen LogP contribution < -0.4 is 4.90 Å². The number of fused-ring (bicyclic) bond motifs is 6. The van der Waals surface area contributed by atoms with Gasteiger partial charge in [0, 0.05) is 78.4 Å². The molecule has 0 radical (unpaired) electrons. The maximum Gasteiger partial charge on any atom is 0.303 e. The Morgan fingerprint density at radius 1 is 0.615 bits per heavy atom. The molecule has 0 fully saturated rings. The van der Waals surface area contributed by atoms with E-state index in [1.165, 1.54) is 18.2 Å². The third-order valence-corrected chi connectivity index (χ3v) is 18.1. The first-order valence-electron chi connectivity index (χ1n) is 24.5. The second-order valence-corrected chi connectivity index (χ2v) is 26.2. The zero-order valence-electron chi connectivity index (χ0n) is 43.1. The molecule has 27 heteroatoms. The Balaban J connectivity index is 1.45. The molecule has 0 amide bonds. The monoisotopic (exact) mass is 1180 g/mol. The molecule has 0 saturated carbocycles. The van der Waals surface area contributed by atoms with Crippen LogP contribution in [0.2, 0.25) is 0 Å². The molecule has 426 valence electrons. The summed E-state index contributed by atoms with van der Waals surface area (Å²) in [6.07, 6.45) is 13.3. The van der Waals surface area contributed by atoms with Crippen LogP contribution in [-0.4, -0.2) is 145 Å². The van der Waals surface area contributed by atoms with E-state index in [0.29, 0.717) is 85.1 Å². The van der Waals surface area contributed by atoms with Gasteiger partial charge < -0.3 is 24.2 Å². The predicted molar refractivity (Wildman–Crippen MR) is 290 cm³/mol. The van der Waals surface area contributed by atoms with Gasteiger partial charge in [-0.15, -0.1) is 0 Å². The van der Waals surface area contributed by atoms with Gasteiger partial charge in [0.05, 0.1) is 47.4 Å². The number of anilines is 1. The normalized spacial score (nSPS) is 19.0. The maximum atomic E-state index is 12.7. The Kier molecular flexibility index (Phi) is 19.5. The molecule has 2 aliphatic heterocycles. The number of allylic oxidation sites excluding steroid dienone is 8. The minimum absolute atomic E-state index is 0.00171. The van der Waals surface area contributed by atoms with E-state index in [4.69, 9.17) is 14.2 Å². The number of carboxylic acids is 1. The fraction of sp³-hybridized carbons (Fsp3) is 0.412. The molecular formula is C51H63N2O20S5+. The average Bonchev–Trinajstić information content (AvgIpc) is 3.99. The summed E-state index contributed by atoms with van der Waals surface area (Å²) in [7, 11) is -23.1. The number of carboxylic acid groups (broad SMARTS) is 1. The molecule has 6 N–H and O–H groups in total. The van der Waals surface area contributed by atoms with Crippen molar-refractivity contribution in [1.29, 1.82) is 0 Å². The van der Waals surface area contributed by atoms with E-state index in [0.717, 1.165) is 6.07 Å². The fourth-order valence-electron chi connectivity index (χ4n) is 10.4. The van der Waals surface area contributed by atoms with Gasteiger partial charge in [-0.3, -0.25) is 27.6 Å². The van der Waals surface area contributed by atoms with Gasteiger partial charge in [-0.25, -0.2) is 0 Å². The van der Waals surface area contributed by atoms with Gasteiger partial charge in [0.15, 0.2) is 5.71 Å². The highest BCUT2D eigenvalue weighted by Crippen LogP contribution is 2.54. The number of aliphatic carboxylic acids is 1. The summed E-state index contributed by atoms with van der Waals surface area (Å²) in [6.45, 7) is 7.49. The lowest BCUT2D eigenvalue weighted by molar-refractivity contribution is -0.438. The van der Waals surface area contributed by atoms with Crippen molar-refractivity contribution in [2.45, 2.75) is 96.1 Å². The SMILES string of the molecule is CCN1C(=CC=CC=CC=CC2=[N+](CCCCCC(=O)O)c3ccc4c(S(=O)(=O)O)cc(S(=O)(=O)O)cc4c3C2(C)CCCS(=O)(=O)O)C(C)(CCOCCOCCOC)c2c1ccc1c(S(=O)(=O)O)cc(S(=O)(=O)O)cc21. The largest absolute Gasteiger partial charge is 0.481 e. The van der Waals surface area contributed by atoms with Crippen LogP contribution >= 0.6 is 0 Å². The van der Waals surface area contributed by atoms with Crippen LogP contribution in [0.5, 0.6) is 0 Å². The number of benzene rings is 4. The molecule has 2 heterocycles. The van der Waals surface area contributed by atoms with Crippen molar-refractivity contribution in [3.8, 4) is 0 Å². The van der Waals surface area contributed by atoms with Crippen LogP contribution in [0.25, 0.3) is 21.5 Å². The van der Waals surface area contributed by atoms with Crippen molar-refractivity contribution in [3.05, 3.63) is 108 Å². The van der Waals surface area contributed by atoms with Crippen LogP contribution in [-0.2, 0) is 80.4 Å². The average molecular weight is 1180 g/mol. The molecule has 2 aliphatic rings. The minimum atomic E-state index is -5.11. The molecule has 22 nitrogen and oxygen atoms in total. The van der Waals surface area contributed by atoms with Crippen molar-refractivity contribution >= 4 is 95.2 Å². The van der Waals surface area contributed by atoms with E-state index in [2.05, 4.69) is 0 Å². The molecule has 2 atom stereocenters. The molecular weight excluding hydrogens is 1120 g/mol. The van der Waals surface area contributed by atoms with Crippen molar-refractivity contribution in [1.82, 2.24) is 0 Å². The molecule has 0 saturated heterocycles. The second kappa shape index (κ2) is 24.6. The van der Waals surface area contributed by atoms with Crippen molar-refractivity contribution < 1.29 is 93.5 Å². The predicted octanol–water partition coefficient (Wildman–Crippen LogP) is 7.07. The van der Waals surface area contributed by atoms with E-state index in [1.54, 1.807) is 62.6 Å². The fourth-order valence-corrected chi connectivity index (χ4v) is 13.6. The number of nitrogens with zero attached hydrogens (tertiary/aromatic N) is 2. The number of unbranched alkanes of at least 4 members (excludes halogenated alkanes) is 2. The van der Waals surface area contributed by atoms with Gasteiger partial charge in [-0.2, -0.15) is 46.7 Å². The summed E-state index contributed by atoms with van der Waals surface area (Å²) in [4.78, 5) is 10.2. The third-order valence-electron chi connectivity index (χ3n) is 13.8. The van der Waals surface area contributed by atoms with E-state index in [9.17, 15) is 74.8 Å². The minimum Gasteiger partial charge on any atom is -0.481 e. The molecule has 0 bridgehead atoms. The lowest BCUT2D eigenvalue weighted by Crippen LogP contribution is -2.32. The summed E-state index contributed by atoms with van der Waals surface area (Å²) < 4.78 is 194. The van der Waals surface area contributed by atoms with Gasteiger partial charge >= 0.3 is 5.97 Å². The Bertz CT molecular complexity index is 3720. The van der Waals surface area contributed by atoms with Crippen LogP contribution in [0, 0.1) is 0 Å². The van der Waals surface area contributed by atoms with Crippen LogP contribution in [0.15, 0.2) is 116 Å². The number of rotatable bonds is 28. The summed E-state index contributed by atoms with van der Waals surface area (Å²) in [5.41, 5.74) is 0.777.